The Morgan fingerprint density at radius 3 is 1.76 bits per heavy atom. The van der Waals surface area contributed by atoms with Gasteiger partial charge in [0.05, 0.1) is 0 Å². The highest BCUT2D eigenvalue weighted by atomic mass is 32.1. The highest BCUT2D eigenvalue weighted by molar-refractivity contribution is 7.26. The van der Waals surface area contributed by atoms with Crippen molar-refractivity contribution in [2.45, 2.75) is 0 Å². The minimum atomic E-state index is 1.11. The molecule has 0 N–H and O–H groups in total. The number of thiophene rings is 1. The highest BCUT2D eigenvalue weighted by Gasteiger charge is 2.18. The molecule has 0 saturated carbocycles. The van der Waals surface area contributed by atoms with Crippen LogP contribution in [0, 0.1) is 0 Å². The van der Waals surface area contributed by atoms with Gasteiger partial charge in [-0.1, -0.05) is 152 Å². The van der Waals surface area contributed by atoms with Gasteiger partial charge < -0.3 is 4.90 Å². The zero-order valence-electron chi connectivity index (χ0n) is 29.4. The van der Waals surface area contributed by atoms with Crippen molar-refractivity contribution in [3.05, 3.63) is 200 Å². The maximum atomic E-state index is 2.41. The van der Waals surface area contributed by atoms with Crippen LogP contribution in [0.3, 0.4) is 0 Å². The number of benzene rings is 10. The Bertz CT molecular complexity index is 3200. The normalized spacial score (nSPS) is 11.7. The fraction of sp³-hybridized carbons (Fsp3) is 0. The third-order valence-corrected chi connectivity index (χ3v) is 12.2. The predicted octanol–water partition coefficient (Wildman–Crippen LogP) is 15.5. The standard InChI is InChI=1S/C52H33NS/c1-2-11-34(12-3-1)38-15-10-16-41(31-38)53(42-28-23-37-25-30-47-45-19-8-9-20-50(45)54-52(47)49(37)33-42)40-26-21-36(22-27-40)48-32-39-14-5-7-18-44(39)51-43-17-6-4-13-35(43)24-29-46(48)51/h1-33H. The molecule has 0 aliphatic rings. The molecule has 2 heteroatoms. The maximum Gasteiger partial charge on any atom is 0.0468 e. The zero-order chi connectivity index (χ0) is 35.6. The van der Waals surface area contributed by atoms with Crippen LogP contribution in [-0.4, -0.2) is 0 Å². The summed E-state index contributed by atoms with van der Waals surface area (Å²) < 4.78 is 2.65. The van der Waals surface area contributed by atoms with E-state index in [1.54, 1.807) is 0 Å². The van der Waals surface area contributed by atoms with Gasteiger partial charge in [0.2, 0.25) is 0 Å². The molecule has 0 aliphatic carbocycles. The van der Waals surface area contributed by atoms with Crippen molar-refractivity contribution in [1.29, 1.82) is 0 Å². The fourth-order valence-corrected chi connectivity index (χ4v) is 9.66. The molecular weight excluding hydrogens is 671 g/mol. The van der Waals surface area contributed by atoms with Gasteiger partial charge in [-0.15, -0.1) is 11.3 Å². The van der Waals surface area contributed by atoms with Gasteiger partial charge in [0.15, 0.2) is 0 Å². The van der Waals surface area contributed by atoms with Crippen LogP contribution < -0.4 is 4.90 Å². The van der Waals surface area contributed by atoms with Crippen molar-refractivity contribution >= 4 is 91.7 Å². The minimum absolute atomic E-state index is 1.11. The quantitative estimate of drug-likeness (QED) is 0.161. The summed E-state index contributed by atoms with van der Waals surface area (Å²) in [6, 6.07) is 73.5. The summed E-state index contributed by atoms with van der Waals surface area (Å²) in [4.78, 5) is 2.41. The lowest BCUT2D eigenvalue weighted by atomic mass is 9.90. The molecule has 54 heavy (non-hydrogen) atoms. The molecule has 11 rings (SSSR count). The second kappa shape index (κ2) is 12.4. The fourth-order valence-electron chi connectivity index (χ4n) is 8.43. The highest BCUT2D eigenvalue weighted by Crippen LogP contribution is 2.44. The van der Waals surface area contributed by atoms with E-state index < -0.39 is 0 Å². The van der Waals surface area contributed by atoms with Gasteiger partial charge in [-0.3, -0.25) is 0 Å². The predicted molar refractivity (Wildman–Crippen MR) is 235 cm³/mol. The summed E-state index contributed by atoms with van der Waals surface area (Å²) in [7, 11) is 0. The van der Waals surface area contributed by atoms with Gasteiger partial charge >= 0.3 is 0 Å². The van der Waals surface area contributed by atoms with Crippen LogP contribution in [0.15, 0.2) is 200 Å². The molecule has 11 aromatic rings. The second-order valence-electron chi connectivity index (χ2n) is 14.1. The largest absolute Gasteiger partial charge is 0.310 e. The number of hydrogen-bond acceptors (Lipinski definition) is 2. The van der Waals surface area contributed by atoms with E-state index in [0.717, 1.165) is 17.1 Å². The molecule has 0 aliphatic heterocycles. The molecule has 1 nitrogen and oxygen atoms in total. The Morgan fingerprint density at radius 1 is 0.315 bits per heavy atom. The summed E-state index contributed by atoms with van der Waals surface area (Å²) in [5.41, 5.74) is 8.21. The van der Waals surface area contributed by atoms with Gasteiger partial charge in [-0.2, -0.15) is 0 Å². The van der Waals surface area contributed by atoms with Crippen LogP contribution in [0.2, 0.25) is 0 Å². The van der Waals surface area contributed by atoms with Crippen LogP contribution in [-0.2, 0) is 0 Å². The number of fused-ring (bicyclic) bond motifs is 10. The molecular formula is C52H33NS. The van der Waals surface area contributed by atoms with Crippen molar-refractivity contribution in [2.75, 3.05) is 4.90 Å². The Labute approximate surface area is 317 Å². The second-order valence-corrected chi connectivity index (χ2v) is 15.2. The average molecular weight is 704 g/mol. The Hall–Kier alpha value is -6.74. The number of nitrogens with zero attached hydrogens (tertiary/aromatic N) is 1. The van der Waals surface area contributed by atoms with Crippen LogP contribution >= 0.6 is 11.3 Å². The van der Waals surface area contributed by atoms with Gasteiger partial charge in [0, 0.05) is 42.6 Å². The van der Waals surface area contributed by atoms with E-state index in [1.165, 1.54) is 85.5 Å². The lowest BCUT2D eigenvalue weighted by Gasteiger charge is -2.27. The van der Waals surface area contributed by atoms with Crippen LogP contribution in [0.4, 0.5) is 17.1 Å². The van der Waals surface area contributed by atoms with E-state index in [4.69, 9.17) is 0 Å². The molecule has 0 bridgehead atoms. The first kappa shape index (κ1) is 30.8. The lowest BCUT2D eigenvalue weighted by molar-refractivity contribution is 1.29. The van der Waals surface area contributed by atoms with Crippen LogP contribution in [0.25, 0.3) is 85.5 Å². The minimum Gasteiger partial charge on any atom is -0.310 e. The van der Waals surface area contributed by atoms with E-state index in [9.17, 15) is 0 Å². The van der Waals surface area contributed by atoms with E-state index in [1.807, 2.05) is 11.3 Å². The SMILES string of the molecule is c1ccc(-c2cccc(N(c3ccc(-c4cc5ccccc5c5c4ccc4ccccc45)cc3)c3ccc4ccc5c6ccccc6sc5c4c3)c2)cc1. The molecule has 252 valence electrons. The first-order chi connectivity index (χ1) is 26.8. The van der Waals surface area contributed by atoms with Gasteiger partial charge in [0.25, 0.3) is 0 Å². The molecule has 0 atom stereocenters. The van der Waals surface area contributed by atoms with Crippen molar-refractivity contribution in [1.82, 2.24) is 0 Å². The molecule has 10 aromatic carbocycles. The Morgan fingerprint density at radius 2 is 0.926 bits per heavy atom. The van der Waals surface area contributed by atoms with Crippen molar-refractivity contribution in [3.63, 3.8) is 0 Å². The van der Waals surface area contributed by atoms with Crippen molar-refractivity contribution in [2.24, 2.45) is 0 Å². The first-order valence-electron chi connectivity index (χ1n) is 18.5. The summed E-state index contributed by atoms with van der Waals surface area (Å²) in [5, 5.41) is 12.9. The van der Waals surface area contributed by atoms with E-state index in [-0.39, 0.29) is 0 Å². The van der Waals surface area contributed by atoms with E-state index >= 15 is 0 Å². The maximum absolute atomic E-state index is 2.41. The molecule has 1 heterocycles. The van der Waals surface area contributed by atoms with Crippen molar-refractivity contribution < 1.29 is 0 Å². The van der Waals surface area contributed by atoms with Crippen LogP contribution in [0.5, 0.6) is 0 Å². The topological polar surface area (TPSA) is 3.24 Å². The summed E-state index contributed by atoms with van der Waals surface area (Å²) in [6.45, 7) is 0. The molecule has 0 fully saturated rings. The molecule has 0 spiro atoms. The van der Waals surface area contributed by atoms with Crippen LogP contribution in [0.1, 0.15) is 0 Å². The average Bonchev–Trinajstić information content (AvgIpc) is 3.63. The van der Waals surface area contributed by atoms with Gasteiger partial charge in [0.1, 0.15) is 0 Å². The molecule has 0 radical (unpaired) electrons. The molecule has 0 saturated heterocycles. The summed E-state index contributed by atoms with van der Waals surface area (Å²) in [6.07, 6.45) is 0. The number of anilines is 3. The van der Waals surface area contributed by atoms with Gasteiger partial charge in [-0.25, -0.2) is 0 Å². The van der Waals surface area contributed by atoms with Crippen molar-refractivity contribution in [3.8, 4) is 22.3 Å². The first-order valence-corrected chi connectivity index (χ1v) is 19.3. The summed E-state index contributed by atoms with van der Waals surface area (Å²) >= 11 is 1.89. The third kappa shape index (κ3) is 4.99. The third-order valence-electron chi connectivity index (χ3n) is 11.0. The lowest BCUT2D eigenvalue weighted by Crippen LogP contribution is -2.10. The number of hydrogen-bond donors (Lipinski definition) is 0. The monoisotopic (exact) mass is 703 g/mol. The van der Waals surface area contributed by atoms with Gasteiger partial charge in [-0.05, 0) is 108 Å². The Balaban J connectivity index is 1.10. The molecule has 0 amide bonds. The van der Waals surface area contributed by atoms with E-state index in [0.29, 0.717) is 0 Å². The number of rotatable bonds is 5. The Kier molecular flexibility index (Phi) is 7.11. The zero-order valence-corrected chi connectivity index (χ0v) is 30.2. The smallest absolute Gasteiger partial charge is 0.0468 e. The molecule has 1 aromatic heterocycles. The van der Waals surface area contributed by atoms with E-state index in [2.05, 4.69) is 205 Å². The molecule has 0 unspecified atom stereocenters. The summed E-state index contributed by atoms with van der Waals surface area (Å²) in [5.74, 6) is 0.